The molecule has 1 heterocycles. The third-order valence-electron chi connectivity index (χ3n) is 5.08. The van der Waals surface area contributed by atoms with Gasteiger partial charge in [0.05, 0.1) is 0 Å². The second kappa shape index (κ2) is 6.74. The first-order valence-electron chi connectivity index (χ1n) is 8.11. The molecule has 1 saturated carbocycles. The molecule has 2 rings (SSSR count). The number of nitrogens with one attached hydrogen (secondary N) is 1. The molecule has 3 atom stereocenters. The summed E-state index contributed by atoms with van der Waals surface area (Å²) in [4.78, 5) is 14.0. The van der Waals surface area contributed by atoms with Crippen LogP contribution < -0.4 is 5.32 Å². The number of carbonyl (C=O) groups is 1. The van der Waals surface area contributed by atoms with Gasteiger partial charge in [-0.05, 0) is 44.4 Å². The lowest BCUT2D eigenvalue weighted by Gasteiger charge is -2.45. The first-order chi connectivity index (χ1) is 9.10. The Bertz CT molecular complexity index is 301. The molecule has 0 radical (unpaired) electrons. The monoisotopic (exact) mass is 266 g/mol. The molecule has 1 N–H and O–H groups in total. The molecular formula is C16H30N2O. The highest BCUT2D eigenvalue weighted by Crippen LogP contribution is 2.34. The molecule has 19 heavy (non-hydrogen) atoms. The summed E-state index contributed by atoms with van der Waals surface area (Å²) < 4.78 is 0. The van der Waals surface area contributed by atoms with E-state index in [1.165, 1.54) is 45.1 Å². The van der Waals surface area contributed by atoms with Gasteiger partial charge in [0.2, 0.25) is 5.91 Å². The lowest BCUT2D eigenvalue weighted by molar-refractivity contribution is -0.120. The maximum absolute atomic E-state index is 11.3. The third kappa shape index (κ3) is 3.95. The van der Waals surface area contributed by atoms with Gasteiger partial charge in [0, 0.05) is 32.1 Å². The summed E-state index contributed by atoms with van der Waals surface area (Å²) in [5, 5.41) is 3.15. The van der Waals surface area contributed by atoms with Crippen LogP contribution in [0.4, 0.5) is 0 Å². The minimum atomic E-state index is 0.124. The highest BCUT2D eigenvalue weighted by atomic mass is 16.1. The van der Waals surface area contributed by atoms with E-state index in [4.69, 9.17) is 0 Å². The largest absolute Gasteiger partial charge is 0.352 e. The molecule has 3 heteroatoms. The highest BCUT2D eigenvalue weighted by Gasteiger charge is 2.34. The fourth-order valence-electron chi connectivity index (χ4n) is 3.80. The summed E-state index contributed by atoms with van der Waals surface area (Å²) in [6.45, 7) is 8.59. The Morgan fingerprint density at radius 2 is 2.11 bits per heavy atom. The zero-order valence-electron chi connectivity index (χ0n) is 12.8. The Morgan fingerprint density at radius 1 is 1.37 bits per heavy atom. The van der Waals surface area contributed by atoms with Crippen molar-refractivity contribution in [3.63, 3.8) is 0 Å². The molecule has 0 aromatic rings. The molecule has 2 aliphatic rings. The van der Waals surface area contributed by atoms with E-state index in [1.54, 1.807) is 6.92 Å². The van der Waals surface area contributed by atoms with Gasteiger partial charge >= 0.3 is 0 Å². The van der Waals surface area contributed by atoms with E-state index in [9.17, 15) is 4.79 Å². The number of amides is 1. The Kier molecular flexibility index (Phi) is 5.26. The Hall–Kier alpha value is -0.570. The topological polar surface area (TPSA) is 32.3 Å². The van der Waals surface area contributed by atoms with E-state index in [-0.39, 0.29) is 5.91 Å². The van der Waals surface area contributed by atoms with Crippen molar-refractivity contribution in [3.8, 4) is 0 Å². The summed E-state index contributed by atoms with van der Waals surface area (Å²) >= 11 is 0. The number of piperidine rings is 1. The minimum Gasteiger partial charge on any atom is -0.352 e. The molecule has 0 bridgehead atoms. The highest BCUT2D eigenvalue weighted by molar-refractivity contribution is 5.73. The van der Waals surface area contributed by atoms with Gasteiger partial charge < -0.3 is 5.32 Å². The van der Waals surface area contributed by atoms with Crippen molar-refractivity contribution < 1.29 is 4.79 Å². The van der Waals surface area contributed by atoms with Gasteiger partial charge in [0.1, 0.15) is 0 Å². The maximum atomic E-state index is 11.3. The van der Waals surface area contributed by atoms with Crippen LogP contribution in [0.5, 0.6) is 0 Å². The molecule has 0 aromatic heterocycles. The van der Waals surface area contributed by atoms with Crippen LogP contribution >= 0.6 is 0 Å². The van der Waals surface area contributed by atoms with Gasteiger partial charge in [-0.2, -0.15) is 0 Å². The van der Waals surface area contributed by atoms with E-state index in [0.29, 0.717) is 12.1 Å². The van der Waals surface area contributed by atoms with Gasteiger partial charge in [0.25, 0.3) is 0 Å². The zero-order chi connectivity index (χ0) is 13.8. The average molecular weight is 266 g/mol. The molecule has 1 aliphatic heterocycles. The third-order valence-corrected chi connectivity index (χ3v) is 5.08. The number of likely N-dealkylation sites (tertiary alicyclic amines) is 1. The maximum Gasteiger partial charge on any atom is 0.217 e. The first kappa shape index (κ1) is 14.8. The fourth-order valence-corrected chi connectivity index (χ4v) is 3.80. The predicted molar refractivity (Wildman–Crippen MR) is 79.0 cm³/mol. The van der Waals surface area contributed by atoms with Crippen molar-refractivity contribution in [1.82, 2.24) is 10.2 Å². The van der Waals surface area contributed by atoms with Gasteiger partial charge in [-0.15, -0.1) is 0 Å². The SMILES string of the molecule is CCCC1CC(NC(C)=O)CN(C(C)C2CCC2)C1. The van der Waals surface area contributed by atoms with Crippen LogP contribution in [0.3, 0.4) is 0 Å². The van der Waals surface area contributed by atoms with E-state index in [1.807, 2.05) is 0 Å². The number of hydrogen-bond acceptors (Lipinski definition) is 2. The van der Waals surface area contributed by atoms with Crippen LogP contribution in [0.25, 0.3) is 0 Å². The molecule has 3 unspecified atom stereocenters. The van der Waals surface area contributed by atoms with Gasteiger partial charge in [-0.1, -0.05) is 19.8 Å². The van der Waals surface area contributed by atoms with Gasteiger partial charge in [0.15, 0.2) is 0 Å². The fraction of sp³-hybridized carbons (Fsp3) is 0.938. The second-order valence-electron chi connectivity index (χ2n) is 6.67. The van der Waals surface area contributed by atoms with Crippen LogP contribution in [0.1, 0.15) is 59.3 Å². The standard InChI is InChI=1S/C16H30N2O/c1-4-6-14-9-16(17-13(3)19)11-18(10-14)12(2)15-7-5-8-15/h12,14-16H,4-11H2,1-3H3,(H,17,19). The molecule has 1 amide bonds. The number of carbonyl (C=O) groups excluding carboxylic acids is 1. The minimum absolute atomic E-state index is 0.124. The molecule has 0 aromatic carbocycles. The molecule has 1 aliphatic carbocycles. The van der Waals surface area contributed by atoms with Crippen LogP contribution in [0.2, 0.25) is 0 Å². The summed E-state index contributed by atoms with van der Waals surface area (Å²) in [6, 6.07) is 1.06. The zero-order valence-corrected chi connectivity index (χ0v) is 12.8. The van der Waals surface area contributed by atoms with E-state index >= 15 is 0 Å². The molecular weight excluding hydrogens is 236 g/mol. The van der Waals surface area contributed by atoms with Crippen molar-refractivity contribution in [3.05, 3.63) is 0 Å². The second-order valence-corrected chi connectivity index (χ2v) is 6.67. The molecule has 2 fully saturated rings. The predicted octanol–water partition coefficient (Wildman–Crippen LogP) is 2.80. The molecule has 0 spiro atoms. The number of hydrogen-bond donors (Lipinski definition) is 1. The molecule has 110 valence electrons. The number of nitrogens with zero attached hydrogens (tertiary/aromatic N) is 1. The van der Waals surface area contributed by atoms with Gasteiger partial charge in [-0.25, -0.2) is 0 Å². The molecule has 3 nitrogen and oxygen atoms in total. The van der Waals surface area contributed by atoms with E-state index in [2.05, 4.69) is 24.1 Å². The normalized spacial score (nSPS) is 30.7. The summed E-state index contributed by atoms with van der Waals surface area (Å²) in [5.41, 5.74) is 0. The van der Waals surface area contributed by atoms with Crippen molar-refractivity contribution in [2.24, 2.45) is 11.8 Å². The Labute approximate surface area is 118 Å². The van der Waals surface area contributed by atoms with Crippen molar-refractivity contribution in [1.29, 1.82) is 0 Å². The van der Waals surface area contributed by atoms with Crippen molar-refractivity contribution >= 4 is 5.91 Å². The Morgan fingerprint density at radius 3 is 2.63 bits per heavy atom. The van der Waals surface area contributed by atoms with Crippen LogP contribution in [0.15, 0.2) is 0 Å². The van der Waals surface area contributed by atoms with Crippen LogP contribution in [0, 0.1) is 11.8 Å². The van der Waals surface area contributed by atoms with Crippen LogP contribution in [-0.2, 0) is 4.79 Å². The Balaban J connectivity index is 1.94. The van der Waals surface area contributed by atoms with Crippen molar-refractivity contribution in [2.45, 2.75) is 71.4 Å². The smallest absolute Gasteiger partial charge is 0.217 e. The summed E-state index contributed by atoms with van der Waals surface area (Å²) in [5.74, 6) is 1.79. The lowest BCUT2D eigenvalue weighted by Crippen LogP contribution is -2.55. The van der Waals surface area contributed by atoms with Crippen molar-refractivity contribution in [2.75, 3.05) is 13.1 Å². The first-order valence-corrected chi connectivity index (χ1v) is 8.11. The van der Waals surface area contributed by atoms with E-state index < -0.39 is 0 Å². The molecule has 1 saturated heterocycles. The van der Waals surface area contributed by atoms with Crippen LogP contribution in [-0.4, -0.2) is 36.0 Å². The summed E-state index contributed by atoms with van der Waals surface area (Å²) in [6.07, 6.45) is 7.94. The number of rotatable bonds is 5. The quantitative estimate of drug-likeness (QED) is 0.830. The van der Waals surface area contributed by atoms with Gasteiger partial charge in [-0.3, -0.25) is 9.69 Å². The lowest BCUT2D eigenvalue weighted by atomic mass is 9.78. The van der Waals surface area contributed by atoms with E-state index in [0.717, 1.165) is 18.4 Å². The summed E-state index contributed by atoms with van der Waals surface area (Å²) in [7, 11) is 0. The average Bonchev–Trinajstić information content (AvgIpc) is 2.25.